The first-order valence-corrected chi connectivity index (χ1v) is 7.00. The van der Waals surface area contributed by atoms with Crippen molar-refractivity contribution in [1.82, 2.24) is 15.0 Å². The lowest BCUT2D eigenvalue weighted by molar-refractivity contribution is 1.15. The largest absolute Gasteiger partial charge is 0.252 e. The van der Waals surface area contributed by atoms with Gasteiger partial charge < -0.3 is 0 Å². The molecule has 0 aliphatic heterocycles. The summed E-state index contributed by atoms with van der Waals surface area (Å²) in [5.41, 5.74) is 4.55. The van der Waals surface area contributed by atoms with Gasteiger partial charge in [-0.2, -0.15) is 0 Å². The summed E-state index contributed by atoms with van der Waals surface area (Å²) < 4.78 is 0. The van der Waals surface area contributed by atoms with E-state index >= 15 is 0 Å². The Bertz CT molecular complexity index is 696. The van der Waals surface area contributed by atoms with E-state index in [1.54, 1.807) is 11.7 Å². The van der Waals surface area contributed by atoms with Crippen molar-refractivity contribution < 1.29 is 0 Å². The van der Waals surface area contributed by atoms with E-state index in [9.17, 15) is 0 Å². The summed E-state index contributed by atoms with van der Waals surface area (Å²) in [6, 6.07) is 9.98. The summed E-state index contributed by atoms with van der Waals surface area (Å²) in [7, 11) is 0. The van der Waals surface area contributed by atoms with Crippen LogP contribution >= 0.6 is 22.9 Å². The summed E-state index contributed by atoms with van der Waals surface area (Å²) in [5.74, 6) is 0.622. The molecule has 94 valence electrons. The summed E-state index contributed by atoms with van der Waals surface area (Å²) in [6.07, 6.45) is 1.75. The van der Waals surface area contributed by atoms with Gasteiger partial charge in [0, 0.05) is 17.3 Å². The number of aromatic nitrogens is 3. The number of thiazole rings is 1. The summed E-state index contributed by atoms with van der Waals surface area (Å²) >= 11 is 7.72. The Balaban J connectivity index is 2.20. The molecule has 0 atom stereocenters. The zero-order valence-corrected chi connectivity index (χ0v) is 11.7. The first-order valence-electron chi connectivity index (χ1n) is 5.74. The highest BCUT2D eigenvalue weighted by atomic mass is 35.5. The van der Waals surface area contributed by atoms with Crippen LogP contribution in [0.3, 0.4) is 0 Å². The zero-order valence-electron chi connectivity index (χ0n) is 10.2. The number of hydrogen-bond donors (Lipinski definition) is 0. The molecule has 2 aromatic heterocycles. The minimum atomic E-state index is 0.484. The van der Waals surface area contributed by atoms with Crippen LogP contribution in [0.4, 0.5) is 0 Å². The Labute approximate surface area is 120 Å². The molecule has 0 spiro atoms. The molecule has 0 saturated heterocycles. The molecule has 3 aromatic rings. The molecule has 5 heteroatoms. The van der Waals surface area contributed by atoms with Crippen molar-refractivity contribution in [3.63, 3.8) is 0 Å². The normalized spacial score (nSPS) is 10.6. The fraction of sp³-hybridized carbons (Fsp3) is 0.0714. The lowest BCUT2D eigenvalue weighted by atomic mass is 10.1. The molecule has 0 unspecified atom stereocenters. The predicted molar refractivity (Wildman–Crippen MR) is 78.3 cm³/mol. The van der Waals surface area contributed by atoms with Crippen LogP contribution in [0.1, 0.15) is 5.56 Å². The number of hydrogen-bond acceptors (Lipinski definition) is 4. The molecule has 0 saturated carbocycles. The average Bonchev–Trinajstić information content (AvgIpc) is 2.97. The lowest BCUT2D eigenvalue weighted by Gasteiger charge is -2.08. The zero-order chi connectivity index (χ0) is 13.2. The van der Waals surface area contributed by atoms with E-state index in [0.717, 1.165) is 21.7 Å². The molecule has 0 fully saturated rings. The van der Waals surface area contributed by atoms with Crippen LogP contribution in [0.5, 0.6) is 0 Å². The maximum absolute atomic E-state index is 6.22. The van der Waals surface area contributed by atoms with E-state index < -0.39 is 0 Å². The number of benzene rings is 1. The van der Waals surface area contributed by atoms with Gasteiger partial charge in [-0.05, 0) is 6.92 Å². The van der Waals surface area contributed by atoms with Crippen LogP contribution in [0.25, 0.3) is 22.0 Å². The summed E-state index contributed by atoms with van der Waals surface area (Å²) in [5, 5.41) is 0.484. The average molecular weight is 288 g/mol. The summed E-state index contributed by atoms with van der Waals surface area (Å²) in [4.78, 5) is 13.9. The SMILES string of the molecule is Cc1c(Cl)nc(-c2cncs2)nc1-c1ccccc1. The first-order chi connectivity index (χ1) is 9.25. The van der Waals surface area contributed by atoms with Crippen molar-refractivity contribution in [2.75, 3.05) is 0 Å². The lowest BCUT2D eigenvalue weighted by Crippen LogP contribution is -1.96. The van der Waals surface area contributed by atoms with E-state index in [-0.39, 0.29) is 0 Å². The monoisotopic (exact) mass is 287 g/mol. The Morgan fingerprint density at radius 1 is 1.11 bits per heavy atom. The molecular weight excluding hydrogens is 278 g/mol. The third-order valence-electron chi connectivity index (χ3n) is 2.79. The highest BCUT2D eigenvalue weighted by Crippen LogP contribution is 2.29. The molecule has 1 aromatic carbocycles. The third kappa shape index (κ3) is 2.37. The third-order valence-corrected chi connectivity index (χ3v) is 3.92. The highest BCUT2D eigenvalue weighted by Gasteiger charge is 2.13. The standard InChI is InChI=1S/C14H10ClN3S/c1-9-12(10-5-3-2-4-6-10)17-14(18-13(9)15)11-7-16-8-19-11/h2-8H,1H3. The van der Waals surface area contributed by atoms with Crippen molar-refractivity contribution in [3.8, 4) is 22.0 Å². The maximum Gasteiger partial charge on any atom is 0.173 e. The first kappa shape index (κ1) is 12.3. The Hall–Kier alpha value is -1.78. The maximum atomic E-state index is 6.22. The van der Waals surface area contributed by atoms with Crippen LogP contribution in [-0.2, 0) is 0 Å². The second-order valence-corrected chi connectivity index (χ2v) is 5.29. The molecule has 19 heavy (non-hydrogen) atoms. The second kappa shape index (κ2) is 5.07. The van der Waals surface area contributed by atoms with E-state index in [1.807, 2.05) is 37.3 Å². The van der Waals surface area contributed by atoms with Crippen molar-refractivity contribution in [3.05, 3.63) is 52.8 Å². The van der Waals surface area contributed by atoms with Gasteiger partial charge in [0.15, 0.2) is 5.82 Å². The molecule has 0 amide bonds. The molecule has 0 N–H and O–H groups in total. The van der Waals surface area contributed by atoms with Crippen molar-refractivity contribution in [1.29, 1.82) is 0 Å². The van der Waals surface area contributed by atoms with Gasteiger partial charge in [-0.1, -0.05) is 41.9 Å². The molecule has 0 radical (unpaired) electrons. The quantitative estimate of drug-likeness (QED) is 0.662. The molecular formula is C14H10ClN3S. The fourth-order valence-corrected chi connectivity index (χ4v) is 2.53. The van der Waals surface area contributed by atoms with Crippen LogP contribution in [0, 0.1) is 6.92 Å². The second-order valence-electron chi connectivity index (χ2n) is 4.04. The van der Waals surface area contributed by atoms with Crippen LogP contribution < -0.4 is 0 Å². The van der Waals surface area contributed by atoms with E-state index in [0.29, 0.717) is 11.0 Å². The predicted octanol–water partition coefficient (Wildman–Crippen LogP) is 4.23. The highest BCUT2D eigenvalue weighted by molar-refractivity contribution is 7.13. The van der Waals surface area contributed by atoms with Gasteiger partial charge in [-0.3, -0.25) is 4.98 Å². The molecule has 3 rings (SSSR count). The minimum absolute atomic E-state index is 0.484. The van der Waals surface area contributed by atoms with Gasteiger partial charge in [0.1, 0.15) is 5.15 Å². The Morgan fingerprint density at radius 2 is 1.89 bits per heavy atom. The van der Waals surface area contributed by atoms with Crippen LogP contribution in [0.15, 0.2) is 42.0 Å². The van der Waals surface area contributed by atoms with Crippen molar-refractivity contribution in [2.45, 2.75) is 6.92 Å². The smallest absolute Gasteiger partial charge is 0.173 e. The minimum Gasteiger partial charge on any atom is -0.252 e. The van der Waals surface area contributed by atoms with Gasteiger partial charge in [0.05, 0.1) is 16.1 Å². The van der Waals surface area contributed by atoms with Crippen LogP contribution in [0.2, 0.25) is 5.15 Å². The number of rotatable bonds is 2. The number of nitrogens with zero attached hydrogens (tertiary/aromatic N) is 3. The molecule has 0 bridgehead atoms. The van der Waals surface area contributed by atoms with Gasteiger partial charge in [0.25, 0.3) is 0 Å². The molecule has 0 aliphatic rings. The van der Waals surface area contributed by atoms with E-state index in [2.05, 4.69) is 15.0 Å². The van der Waals surface area contributed by atoms with E-state index in [1.165, 1.54) is 11.3 Å². The fourth-order valence-electron chi connectivity index (χ4n) is 1.80. The van der Waals surface area contributed by atoms with Crippen LogP contribution in [-0.4, -0.2) is 15.0 Å². The molecule has 2 heterocycles. The van der Waals surface area contributed by atoms with Crippen molar-refractivity contribution >= 4 is 22.9 Å². The summed E-state index contributed by atoms with van der Waals surface area (Å²) in [6.45, 7) is 1.93. The van der Waals surface area contributed by atoms with Gasteiger partial charge in [-0.15, -0.1) is 11.3 Å². The Morgan fingerprint density at radius 3 is 2.58 bits per heavy atom. The molecule has 3 nitrogen and oxygen atoms in total. The van der Waals surface area contributed by atoms with Gasteiger partial charge >= 0.3 is 0 Å². The van der Waals surface area contributed by atoms with E-state index in [4.69, 9.17) is 11.6 Å². The molecule has 0 aliphatic carbocycles. The topological polar surface area (TPSA) is 38.7 Å². The van der Waals surface area contributed by atoms with Crippen molar-refractivity contribution in [2.24, 2.45) is 0 Å². The Kier molecular flexibility index (Phi) is 3.27. The number of halogens is 1. The van der Waals surface area contributed by atoms with Gasteiger partial charge in [0.2, 0.25) is 0 Å². The van der Waals surface area contributed by atoms with Gasteiger partial charge in [-0.25, -0.2) is 9.97 Å².